The van der Waals surface area contributed by atoms with Crippen LogP contribution in [0, 0.1) is 19.8 Å². The van der Waals surface area contributed by atoms with Gasteiger partial charge in [0.25, 0.3) is 0 Å². The summed E-state index contributed by atoms with van der Waals surface area (Å²) in [5.41, 5.74) is 3.03. The summed E-state index contributed by atoms with van der Waals surface area (Å²) in [7, 11) is 1.32. The number of aryl methyl sites for hydroxylation is 2. The highest BCUT2D eigenvalue weighted by Gasteiger charge is 2.42. The summed E-state index contributed by atoms with van der Waals surface area (Å²) in [6.07, 6.45) is -0.435. The minimum absolute atomic E-state index is 0.0880. The molecule has 1 saturated heterocycles. The van der Waals surface area contributed by atoms with Crippen LogP contribution in [0.2, 0.25) is 0 Å². The molecule has 0 spiro atoms. The monoisotopic (exact) mass is 248 g/mol. The van der Waals surface area contributed by atoms with Crippen molar-refractivity contribution in [2.75, 3.05) is 7.11 Å². The van der Waals surface area contributed by atoms with E-state index in [2.05, 4.69) is 0 Å². The summed E-state index contributed by atoms with van der Waals surface area (Å²) < 4.78 is 9.99. The van der Waals surface area contributed by atoms with Gasteiger partial charge in [0.15, 0.2) is 0 Å². The molecule has 1 heterocycles. The fourth-order valence-electron chi connectivity index (χ4n) is 2.34. The minimum atomic E-state index is -0.538. The van der Waals surface area contributed by atoms with Crippen molar-refractivity contribution in [2.24, 2.45) is 5.92 Å². The van der Waals surface area contributed by atoms with Crippen LogP contribution < -0.4 is 0 Å². The van der Waals surface area contributed by atoms with E-state index in [-0.39, 0.29) is 12.4 Å². The number of ether oxygens (including phenoxy) is 2. The van der Waals surface area contributed by atoms with Crippen molar-refractivity contribution in [2.45, 2.75) is 26.4 Å². The first-order chi connectivity index (χ1) is 8.52. The second-order valence-electron chi connectivity index (χ2n) is 4.60. The van der Waals surface area contributed by atoms with E-state index in [0.717, 1.165) is 16.7 Å². The third-order valence-corrected chi connectivity index (χ3v) is 3.25. The number of hydrogen-bond donors (Lipinski definition) is 0. The molecule has 1 aromatic carbocycles. The molecule has 1 fully saturated rings. The van der Waals surface area contributed by atoms with Crippen LogP contribution in [0.4, 0.5) is 0 Å². The van der Waals surface area contributed by atoms with Crippen LogP contribution >= 0.6 is 0 Å². The highest BCUT2D eigenvalue weighted by atomic mass is 16.6. The van der Waals surface area contributed by atoms with Crippen molar-refractivity contribution in [1.82, 2.24) is 0 Å². The van der Waals surface area contributed by atoms with E-state index < -0.39 is 18.0 Å². The van der Waals surface area contributed by atoms with Crippen molar-refractivity contribution in [3.63, 3.8) is 0 Å². The Bertz CT molecular complexity index is 493. The molecule has 0 aromatic heterocycles. The lowest BCUT2D eigenvalue weighted by molar-refractivity contribution is -0.147. The van der Waals surface area contributed by atoms with Gasteiger partial charge in [0, 0.05) is 0 Å². The van der Waals surface area contributed by atoms with Gasteiger partial charge < -0.3 is 9.47 Å². The molecule has 0 unspecified atom stereocenters. The lowest BCUT2D eigenvalue weighted by Gasteiger charge is -2.18. The molecule has 0 aliphatic carbocycles. The first-order valence-corrected chi connectivity index (χ1v) is 5.87. The predicted octanol–water partition coefficient (Wildman–Crippen LogP) is 2.08. The fraction of sp³-hybridized carbons (Fsp3) is 0.429. The summed E-state index contributed by atoms with van der Waals surface area (Å²) in [4.78, 5) is 23.1. The third-order valence-electron chi connectivity index (χ3n) is 3.25. The van der Waals surface area contributed by atoms with Crippen LogP contribution in [0.5, 0.6) is 0 Å². The number of methoxy groups -OCH3 is 1. The molecule has 1 aliphatic heterocycles. The Morgan fingerprint density at radius 3 is 2.72 bits per heavy atom. The molecule has 2 atom stereocenters. The Hall–Kier alpha value is -1.84. The molecule has 0 radical (unpaired) electrons. The Morgan fingerprint density at radius 1 is 1.39 bits per heavy atom. The van der Waals surface area contributed by atoms with Crippen LogP contribution in [-0.4, -0.2) is 19.0 Å². The van der Waals surface area contributed by atoms with E-state index in [0.29, 0.717) is 0 Å². The van der Waals surface area contributed by atoms with Gasteiger partial charge in [-0.2, -0.15) is 0 Å². The Morgan fingerprint density at radius 2 is 2.11 bits per heavy atom. The van der Waals surface area contributed by atoms with Crippen LogP contribution in [0.1, 0.15) is 29.2 Å². The van der Waals surface area contributed by atoms with Gasteiger partial charge in [0.2, 0.25) is 0 Å². The molecule has 1 aliphatic rings. The number of carbonyl (C=O) groups excluding carboxylic acids is 2. The SMILES string of the molecule is COC(=O)[C@@H]1CC(=O)O[C@H]1c1ccc(C)cc1C. The van der Waals surface area contributed by atoms with Gasteiger partial charge in [-0.25, -0.2) is 0 Å². The van der Waals surface area contributed by atoms with Crippen molar-refractivity contribution < 1.29 is 19.1 Å². The highest BCUT2D eigenvalue weighted by Crippen LogP contribution is 2.37. The summed E-state index contributed by atoms with van der Waals surface area (Å²) in [6, 6.07) is 5.86. The lowest BCUT2D eigenvalue weighted by Crippen LogP contribution is -2.20. The molecule has 0 amide bonds. The first kappa shape index (κ1) is 12.6. The maximum Gasteiger partial charge on any atom is 0.313 e. The summed E-state index contributed by atoms with van der Waals surface area (Å²) in [6.45, 7) is 3.94. The fourth-order valence-corrected chi connectivity index (χ4v) is 2.34. The number of cyclic esters (lactones) is 1. The van der Waals surface area contributed by atoms with Crippen LogP contribution in [0.15, 0.2) is 18.2 Å². The maximum atomic E-state index is 11.7. The number of benzene rings is 1. The number of hydrogen-bond acceptors (Lipinski definition) is 4. The van der Waals surface area contributed by atoms with Crippen molar-refractivity contribution >= 4 is 11.9 Å². The second kappa shape index (κ2) is 4.80. The molecular weight excluding hydrogens is 232 g/mol. The quantitative estimate of drug-likeness (QED) is 0.752. The van der Waals surface area contributed by atoms with Gasteiger partial charge in [-0.1, -0.05) is 23.8 Å². The van der Waals surface area contributed by atoms with Crippen LogP contribution in [-0.2, 0) is 19.1 Å². The molecule has 4 heteroatoms. The summed E-state index contributed by atoms with van der Waals surface area (Å²) in [5.74, 6) is -1.29. The van der Waals surface area contributed by atoms with E-state index in [1.54, 1.807) is 0 Å². The number of esters is 2. The minimum Gasteiger partial charge on any atom is -0.469 e. The van der Waals surface area contributed by atoms with Crippen molar-refractivity contribution in [3.05, 3.63) is 34.9 Å². The smallest absolute Gasteiger partial charge is 0.313 e. The third kappa shape index (κ3) is 2.23. The normalized spacial score (nSPS) is 22.7. The molecule has 1 aromatic rings. The van der Waals surface area contributed by atoms with Gasteiger partial charge >= 0.3 is 11.9 Å². The van der Waals surface area contributed by atoms with Crippen LogP contribution in [0.25, 0.3) is 0 Å². The van der Waals surface area contributed by atoms with E-state index in [1.165, 1.54) is 7.11 Å². The standard InChI is InChI=1S/C14H16O4/c1-8-4-5-10(9(2)6-8)13-11(14(16)17-3)7-12(15)18-13/h4-6,11,13H,7H2,1-3H3/t11-,13+/m1/s1. The zero-order valence-electron chi connectivity index (χ0n) is 10.7. The average Bonchev–Trinajstić information content (AvgIpc) is 2.70. The molecule has 4 nitrogen and oxygen atoms in total. The van der Waals surface area contributed by atoms with E-state index in [4.69, 9.17) is 9.47 Å². The van der Waals surface area contributed by atoms with Gasteiger partial charge in [-0.05, 0) is 25.0 Å². The Labute approximate surface area is 106 Å². The summed E-state index contributed by atoms with van der Waals surface area (Å²) >= 11 is 0. The Kier molecular flexibility index (Phi) is 3.36. The highest BCUT2D eigenvalue weighted by molar-refractivity contribution is 5.83. The molecule has 2 rings (SSSR count). The largest absolute Gasteiger partial charge is 0.469 e. The van der Waals surface area contributed by atoms with Crippen molar-refractivity contribution in [3.8, 4) is 0 Å². The number of rotatable bonds is 2. The molecule has 96 valence electrons. The van der Waals surface area contributed by atoms with Crippen molar-refractivity contribution in [1.29, 1.82) is 0 Å². The van der Waals surface area contributed by atoms with Gasteiger partial charge in [-0.15, -0.1) is 0 Å². The van der Waals surface area contributed by atoms with Gasteiger partial charge in [-0.3, -0.25) is 9.59 Å². The molecule has 0 saturated carbocycles. The molecular formula is C14H16O4. The van der Waals surface area contributed by atoms with Gasteiger partial charge in [0.05, 0.1) is 13.5 Å². The number of carbonyl (C=O) groups is 2. The van der Waals surface area contributed by atoms with Crippen LogP contribution in [0.3, 0.4) is 0 Å². The topological polar surface area (TPSA) is 52.6 Å². The molecule has 0 bridgehead atoms. The van der Waals surface area contributed by atoms with E-state index in [1.807, 2.05) is 32.0 Å². The zero-order chi connectivity index (χ0) is 13.3. The lowest BCUT2D eigenvalue weighted by atomic mass is 9.92. The zero-order valence-corrected chi connectivity index (χ0v) is 10.7. The second-order valence-corrected chi connectivity index (χ2v) is 4.60. The molecule has 18 heavy (non-hydrogen) atoms. The van der Waals surface area contributed by atoms with E-state index >= 15 is 0 Å². The first-order valence-electron chi connectivity index (χ1n) is 5.87. The maximum absolute atomic E-state index is 11.7. The Balaban J connectivity index is 2.35. The van der Waals surface area contributed by atoms with E-state index in [9.17, 15) is 9.59 Å². The average molecular weight is 248 g/mol. The predicted molar refractivity (Wildman–Crippen MR) is 64.9 cm³/mol. The summed E-state index contributed by atoms with van der Waals surface area (Å²) in [5, 5.41) is 0. The molecule has 0 N–H and O–H groups in total. The van der Waals surface area contributed by atoms with Gasteiger partial charge in [0.1, 0.15) is 12.0 Å².